The normalized spacial score (nSPS) is 10.1. The van der Waals surface area contributed by atoms with Gasteiger partial charge in [-0.05, 0) is 56.9 Å². The fourth-order valence-corrected chi connectivity index (χ4v) is 1.70. The maximum atomic E-state index is 9.80. The van der Waals surface area contributed by atoms with Crippen molar-refractivity contribution < 1.29 is 5.11 Å². The molecular weight excluding hydrogens is 172 g/mol. The first-order valence-corrected chi connectivity index (χ1v) is 4.88. The van der Waals surface area contributed by atoms with Gasteiger partial charge in [0.25, 0.3) is 0 Å². The molecule has 1 heteroatoms. The molecule has 0 fully saturated rings. The lowest BCUT2D eigenvalue weighted by Crippen LogP contribution is -1.90. The van der Waals surface area contributed by atoms with Crippen LogP contribution in [0.4, 0.5) is 0 Å². The lowest BCUT2D eigenvalue weighted by atomic mass is 9.97. The molecule has 1 aromatic carbocycles. The molecule has 0 aliphatic rings. The summed E-state index contributed by atoms with van der Waals surface area (Å²) in [5.74, 6) is 0.420. The smallest absolute Gasteiger partial charge is 0.122 e. The van der Waals surface area contributed by atoms with E-state index in [2.05, 4.69) is 26.8 Å². The molecule has 0 amide bonds. The van der Waals surface area contributed by atoms with Gasteiger partial charge in [-0.1, -0.05) is 17.7 Å². The summed E-state index contributed by atoms with van der Waals surface area (Å²) in [6.45, 7) is 10.1. The topological polar surface area (TPSA) is 20.2 Å². The van der Waals surface area contributed by atoms with Gasteiger partial charge in [-0.25, -0.2) is 0 Å². The van der Waals surface area contributed by atoms with E-state index in [1.165, 1.54) is 11.1 Å². The zero-order valence-corrected chi connectivity index (χ0v) is 9.60. The molecular formula is C13H18O. The standard InChI is InChI=1S/C13H18O/c1-8(2)6-12-9(3)7-10(4)13(14)11(12)5/h6-7,14H,1-5H3. The van der Waals surface area contributed by atoms with E-state index in [9.17, 15) is 5.11 Å². The fourth-order valence-electron chi connectivity index (χ4n) is 1.70. The van der Waals surface area contributed by atoms with E-state index in [1.807, 2.05) is 19.9 Å². The number of rotatable bonds is 1. The summed E-state index contributed by atoms with van der Waals surface area (Å²) in [7, 11) is 0. The molecule has 1 N–H and O–H groups in total. The number of hydrogen-bond donors (Lipinski definition) is 1. The van der Waals surface area contributed by atoms with Crippen molar-refractivity contribution >= 4 is 6.08 Å². The summed E-state index contributed by atoms with van der Waals surface area (Å²) in [6, 6.07) is 2.02. The summed E-state index contributed by atoms with van der Waals surface area (Å²) in [5, 5.41) is 9.80. The van der Waals surface area contributed by atoms with Crippen LogP contribution in [0.15, 0.2) is 11.6 Å². The molecule has 0 radical (unpaired) electrons. The molecule has 1 rings (SSSR count). The Morgan fingerprint density at radius 1 is 1.14 bits per heavy atom. The quantitative estimate of drug-likeness (QED) is 0.715. The Bertz CT molecular complexity index is 383. The Labute approximate surface area is 86.1 Å². The van der Waals surface area contributed by atoms with Crippen LogP contribution in [-0.4, -0.2) is 5.11 Å². The van der Waals surface area contributed by atoms with Gasteiger partial charge in [0, 0.05) is 0 Å². The predicted molar refractivity (Wildman–Crippen MR) is 61.6 cm³/mol. The molecule has 0 bridgehead atoms. The minimum atomic E-state index is 0.420. The van der Waals surface area contributed by atoms with Crippen molar-refractivity contribution in [1.82, 2.24) is 0 Å². The summed E-state index contributed by atoms with van der Waals surface area (Å²) < 4.78 is 0. The van der Waals surface area contributed by atoms with Gasteiger partial charge in [0.05, 0.1) is 0 Å². The first-order chi connectivity index (χ1) is 6.43. The highest BCUT2D eigenvalue weighted by Gasteiger charge is 2.07. The molecule has 0 heterocycles. The van der Waals surface area contributed by atoms with E-state index in [0.717, 1.165) is 16.7 Å². The second-order valence-corrected chi connectivity index (χ2v) is 4.12. The number of aromatic hydroxyl groups is 1. The second kappa shape index (κ2) is 3.87. The van der Waals surface area contributed by atoms with Crippen LogP contribution in [0.1, 0.15) is 36.1 Å². The van der Waals surface area contributed by atoms with Gasteiger partial charge in [0.1, 0.15) is 5.75 Å². The van der Waals surface area contributed by atoms with Gasteiger partial charge in [0.15, 0.2) is 0 Å². The summed E-state index contributed by atoms with van der Waals surface area (Å²) in [5.41, 5.74) is 5.54. The van der Waals surface area contributed by atoms with E-state index in [1.54, 1.807) is 0 Å². The molecule has 0 aliphatic carbocycles. The third-order valence-electron chi connectivity index (χ3n) is 2.42. The molecule has 76 valence electrons. The highest BCUT2D eigenvalue weighted by atomic mass is 16.3. The first-order valence-electron chi connectivity index (χ1n) is 4.88. The van der Waals surface area contributed by atoms with Gasteiger partial charge >= 0.3 is 0 Å². The van der Waals surface area contributed by atoms with Crippen LogP contribution in [0.2, 0.25) is 0 Å². The Morgan fingerprint density at radius 2 is 1.71 bits per heavy atom. The van der Waals surface area contributed by atoms with Gasteiger partial charge < -0.3 is 5.11 Å². The van der Waals surface area contributed by atoms with Crippen molar-refractivity contribution in [2.24, 2.45) is 0 Å². The average molecular weight is 190 g/mol. The largest absolute Gasteiger partial charge is 0.507 e. The number of benzene rings is 1. The van der Waals surface area contributed by atoms with Gasteiger partial charge in [-0.15, -0.1) is 0 Å². The van der Waals surface area contributed by atoms with Crippen molar-refractivity contribution in [3.63, 3.8) is 0 Å². The fraction of sp³-hybridized carbons (Fsp3) is 0.385. The van der Waals surface area contributed by atoms with Crippen LogP contribution in [-0.2, 0) is 0 Å². The van der Waals surface area contributed by atoms with Crippen LogP contribution in [0.25, 0.3) is 6.08 Å². The lowest BCUT2D eigenvalue weighted by molar-refractivity contribution is 0.466. The summed E-state index contributed by atoms with van der Waals surface area (Å²) >= 11 is 0. The van der Waals surface area contributed by atoms with Crippen LogP contribution >= 0.6 is 0 Å². The Balaban J connectivity index is 3.44. The van der Waals surface area contributed by atoms with Gasteiger partial charge in [0.2, 0.25) is 0 Å². The third-order valence-corrected chi connectivity index (χ3v) is 2.42. The monoisotopic (exact) mass is 190 g/mol. The second-order valence-electron chi connectivity index (χ2n) is 4.12. The minimum absolute atomic E-state index is 0.420. The predicted octanol–water partition coefficient (Wildman–Crippen LogP) is 3.74. The SMILES string of the molecule is CC(C)=Cc1c(C)cc(C)c(O)c1C. The van der Waals surface area contributed by atoms with Crippen molar-refractivity contribution in [1.29, 1.82) is 0 Å². The van der Waals surface area contributed by atoms with Crippen LogP contribution in [0.5, 0.6) is 5.75 Å². The van der Waals surface area contributed by atoms with E-state index >= 15 is 0 Å². The molecule has 0 saturated heterocycles. The molecule has 0 aliphatic heterocycles. The maximum Gasteiger partial charge on any atom is 0.122 e. The van der Waals surface area contributed by atoms with Gasteiger partial charge in [-0.3, -0.25) is 0 Å². The minimum Gasteiger partial charge on any atom is -0.507 e. The Hall–Kier alpha value is -1.24. The number of hydrogen-bond acceptors (Lipinski definition) is 1. The van der Waals surface area contributed by atoms with Crippen molar-refractivity contribution in [2.45, 2.75) is 34.6 Å². The third kappa shape index (κ3) is 1.98. The summed E-state index contributed by atoms with van der Waals surface area (Å²) in [4.78, 5) is 0. The zero-order valence-electron chi connectivity index (χ0n) is 9.60. The average Bonchev–Trinajstić information content (AvgIpc) is 2.09. The molecule has 1 nitrogen and oxygen atoms in total. The van der Waals surface area contributed by atoms with Crippen molar-refractivity contribution in [2.75, 3.05) is 0 Å². The van der Waals surface area contributed by atoms with Gasteiger partial charge in [-0.2, -0.15) is 0 Å². The number of aryl methyl sites for hydroxylation is 2. The highest BCUT2D eigenvalue weighted by molar-refractivity contribution is 5.64. The van der Waals surface area contributed by atoms with Crippen molar-refractivity contribution in [3.8, 4) is 5.75 Å². The number of phenolic OH excluding ortho intramolecular Hbond substituents is 1. The highest BCUT2D eigenvalue weighted by Crippen LogP contribution is 2.29. The number of phenols is 1. The van der Waals surface area contributed by atoms with Crippen LogP contribution in [0.3, 0.4) is 0 Å². The zero-order chi connectivity index (χ0) is 10.9. The summed E-state index contributed by atoms with van der Waals surface area (Å²) in [6.07, 6.45) is 2.11. The van der Waals surface area contributed by atoms with E-state index in [-0.39, 0.29) is 0 Å². The van der Waals surface area contributed by atoms with Crippen LogP contribution < -0.4 is 0 Å². The molecule has 0 spiro atoms. The molecule has 0 saturated carbocycles. The lowest BCUT2D eigenvalue weighted by Gasteiger charge is -2.11. The number of allylic oxidation sites excluding steroid dienone is 1. The molecule has 14 heavy (non-hydrogen) atoms. The Morgan fingerprint density at radius 3 is 2.21 bits per heavy atom. The molecule has 0 aromatic heterocycles. The first kappa shape index (κ1) is 10.8. The van der Waals surface area contributed by atoms with Crippen molar-refractivity contribution in [3.05, 3.63) is 33.9 Å². The van der Waals surface area contributed by atoms with Crippen LogP contribution in [0, 0.1) is 20.8 Å². The molecule has 0 atom stereocenters. The molecule has 1 aromatic rings. The van der Waals surface area contributed by atoms with E-state index < -0.39 is 0 Å². The maximum absolute atomic E-state index is 9.80. The molecule has 0 unspecified atom stereocenters. The Kier molecular flexibility index (Phi) is 3.00. The van der Waals surface area contributed by atoms with E-state index in [0.29, 0.717) is 5.75 Å². The van der Waals surface area contributed by atoms with E-state index in [4.69, 9.17) is 0 Å².